The van der Waals surface area contributed by atoms with Gasteiger partial charge in [0.2, 0.25) is 0 Å². The Morgan fingerprint density at radius 3 is 2.95 bits per heavy atom. The number of hydrogen-bond donors (Lipinski definition) is 0. The van der Waals surface area contributed by atoms with Gasteiger partial charge in [0.05, 0.1) is 24.1 Å². The van der Waals surface area contributed by atoms with Crippen LogP contribution in [0.2, 0.25) is 5.02 Å². The molecule has 4 rings (SSSR count). The van der Waals surface area contributed by atoms with Crippen molar-refractivity contribution in [3.63, 3.8) is 0 Å². The van der Waals surface area contributed by atoms with Crippen LogP contribution in [0.25, 0.3) is 0 Å². The van der Waals surface area contributed by atoms with Crippen molar-refractivity contribution in [2.75, 3.05) is 7.11 Å². The highest BCUT2D eigenvalue weighted by molar-refractivity contribution is 6.30. The fourth-order valence-electron chi connectivity index (χ4n) is 3.89. The molecule has 0 amide bonds. The maximum Gasteiger partial charge on any atom is 0.310 e. The first kappa shape index (κ1) is 13.8. The second-order valence-electron chi connectivity index (χ2n) is 6.06. The molecule has 2 aromatic rings. The van der Waals surface area contributed by atoms with E-state index in [0.29, 0.717) is 0 Å². The molecule has 1 fully saturated rings. The van der Waals surface area contributed by atoms with Crippen LogP contribution in [-0.2, 0) is 27.8 Å². The lowest BCUT2D eigenvalue weighted by Gasteiger charge is -2.19. The summed E-state index contributed by atoms with van der Waals surface area (Å²) in [7, 11) is 1.45. The quantitative estimate of drug-likeness (QED) is 0.758. The van der Waals surface area contributed by atoms with Crippen molar-refractivity contribution in [1.82, 2.24) is 4.98 Å². The van der Waals surface area contributed by atoms with Gasteiger partial charge in [-0.25, -0.2) is 0 Å². The fraction of sp³-hybridized carbons (Fsp3) is 0.333. The van der Waals surface area contributed by atoms with Crippen LogP contribution in [0.5, 0.6) is 0 Å². The first-order valence-corrected chi connectivity index (χ1v) is 7.85. The molecule has 0 aliphatic heterocycles. The number of hydrogen-bond acceptors (Lipinski definition) is 3. The van der Waals surface area contributed by atoms with E-state index in [2.05, 4.69) is 17.1 Å². The van der Waals surface area contributed by atoms with Crippen molar-refractivity contribution >= 4 is 17.6 Å². The van der Waals surface area contributed by atoms with E-state index in [0.717, 1.165) is 30.0 Å². The summed E-state index contributed by atoms with van der Waals surface area (Å²) >= 11 is 6.17. The molecule has 22 heavy (non-hydrogen) atoms. The van der Waals surface area contributed by atoms with Crippen LogP contribution in [0.3, 0.4) is 0 Å². The van der Waals surface area contributed by atoms with Gasteiger partial charge in [-0.1, -0.05) is 23.7 Å². The second kappa shape index (κ2) is 4.82. The van der Waals surface area contributed by atoms with Crippen LogP contribution < -0.4 is 0 Å². The summed E-state index contributed by atoms with van der Waals surface area (Å²) in [5, 5.41) is 0.739. The average Bonchev–Trinajstić information content (AvgIpc) is 3.30. The number of benzene rings is 1. The summed E-state index contributed by atoms with van der Waals surface area (Å²) in [5.41, 5.74) is 4.33. The fourth-order valence-corrected chi connectivity index (χ4v) is 4.09. The number of ether oxygens (including phenoxy) is 1. The Morgan fingerprint density at radius 1 is 1.32 bits per heavy atom. The molecule has 112 valence electrons. The minimum Gasteiger partial charge on any atom is -0.469 e. The Hall–Kier alpha value is -1.87. The molecule has 0 saturated heterocycles. The lowest BCUT2D eigenvalue weighted by atomic mass is 9.86. The lowest BCUT2D eigenvalue weighted by Crippen LogP contribution is -2.20. The minimum absolute atomic E-state index is 0.149. The number of fused-ring (bicyclic) bond motifs is 4. The van der Waals surface area contributed by atoms with Crippen LogP contribution in [0, 0.1) is 5.92 Å². The van der Waals surface area contributed by atoms with Crippen molar-refractivity contribution in [2.24, 2.45) is 5.92 Å². The summed E-state index contributed by atoms with van der Waals surface area (Å²) in [5.74, 6) is -0.302. The summed E-state index contributed by atoms with van der Waals surface area (Å²) in [4.78, 5) is 16.8. The maximum atomic E-state index is 12.2. The van der Waals surface area contributed by atoms with Gasteiger partial charge in [-0.05, 0) is 54.2 Å². The first-order chi connectivity index (χ1) is 10.7. The molecular formula is C18H16ClNO2. The number of aryl methyl sites for hydroxylation is 2. The second-order valence-corrected chi connectivity index (χ2v) is 6.50. The zero-order chi connectivity index (χ0) is 15.3. The van der Waals surface area contributed by atoms with Gasteiger partial charge in [0.15, 0.2) is 0 Å². The van der Waals surface area contributed by atoms with Crippen LogP contribution >= 0.6 is 11.6 Å². The summed E-state index contributed by atoms with van der Waals surface area (Å²) < 4.78 is 5.00. The van der Waals surface area contributed by atoms with E-state index in [1.165, 1.54) is 23.8 Å². The zero-order valence-corrected chi connectivity index (χ0v) is 13.1. The van der Waals surface area contributed by atoms with Crippen molar-refractivity contribution in [3.8, 4) is 0 Å². The van der Waals surface area contributed by atoms with Gasteiger partial charge in [-0.3, -0.25) is 9.78 Å². The minimum atomic E-state index is -0.333. The largest absolute Gasteiger partial charge is 0.469 e. The zero-order valence-electron chi connectivity index (χ0n) is 12.3. The molecule has 2 aliphatic rings. The molecule has 1 aromatic heterocycles. The highest BCUT2D eigenvalue weighted by Gasteiger charge is 2.63. The molecule has 1 spiro atoms. The van der Waals surface area contributed by atoms with Crippen LogP contribution in [-0.4, -0.2) is 18.1 Å². The summed E-state index contributed by atoms with van der Waals surface area (Å²) in [6.45, 7) is 0. The van der Waals surface area contributed by atoms with Gasteiger partial charge in [-0.15, -0.1) is 0 Å². The number of methoxy groups -OCH3 is 1. The Kier molecular flexibility index (Phi) is 3.01. The molecule has 0 N–H and O–H groups in total. The van der Waals surface area contributed by atoms with Crippen molar-refractivity contribution in [1.29, 1.82) is 0 Å². The predicted octanol–water partition coefficient (Wildman–Crippen LogP) is 3.31. The van der Waals surface area contributed by atoms with Crippen molar-refractivity contribution < 1.29 is 9.53 Å². The average molecular weight is 314 g/mol. The highest BCUT2D eigenvalue weighted by atomic mass is 35.5. The molecule has 0 bridgehead atoms. The number of carbonyl (C=O) groups is 1. The highest BCUT2D eigenvalue weighted by Crippen LogP contribution is 2.61. The summed E-state index contributed by atoms with van der Waals surface area (Å²) in [6.07, 6.45) is 4.42. The Labute approximate surface area is 134 Å². The van der Waals surface area contributed by atoms with E-state index >= 15 is 0 Å². The molecule has 1 saturated carbocycles. The number of rotatable bonds is 1. The molecule has 0 radical (unpaired) electrons. The molecule has 1 aromatic carbocycles. The number of nitrogens with zero attached hydrogens (tertiary/aromatic N) is 1. The number of pyridine rings is 1. The molecule has 1 heterocycles. The van der Waals surface area contributed by atoms with Gasteiger partial charge >= 0.3 is 5.97 Å². The van der Waals surface area contributed by atoms with Gasteiger partial charge in [-0.2, -0.15) is 0 Å². The van der Waals surface area contributed by atoms with Gasteiger partial charge in [0.25, 0.3) is 0 Å². The van der Waals surface area contributed by atoms with E-state index in [1.807, 2.05) is 24.4 Å². The number of carbonyl (C=O) groups excluding carboxylic acids is 1. The first-order valence-electron chi connectivity index (χ1n) is 7.48. The lowest BCUT2D eigenvalue weighted by molar-refractivity contribution is -0.142. The normalized spacial score (nSPS) is 25.1. The Bertz CT molecular complexity index is 773. The third-order valence-corrected chi connectivity index (χ3v) is 5.21. The third kappa shape index (κ3) is 1.82. The summed E-state index contributed by atoms with van der Waals surface area (Å²) in [6, 6.07) is 10.1. The van der Waals surface area contributed by atoms with Crippen LogP contribution in [0.4, 0.5) is 0 Å². The number of halogens is 1. The monoisotopic (exact) mass is 313 g/mol. The van der Waals surface area contributed by atoms with Crippen LogP contribution in [0.1, 0.15) is 28.8 Å². The number of esters is 1. The molecule has 0 unspecified atom stereocenters. The van der Waals surface area contributed by atoms with E-state index < -0.39 is 0 Å². The van der Waals surface area contributed by atoms with Gasteiger partial charge in [0, 0.05) is 11.2 Å². The predicted molar refractivity (Wildman–Crippen MR) is 84.0 cm³/mol. The standard InChI is InChI=1S/C18H16ClNO2/c1-22-17(21)15-10-18(15)14-7-6-13(19)9-12(14)5-4-11-3-2-8-20-16(11)18/h2-3,6-9,15H,4-5,10H2,1H3/t15-,18-/m1/s1. The van der Waals surface area contributed by atoms with Crippen molar-refractivity contribution in [3.05, 3.63) is 63.9 Å². The third-order valence-electron chi connectivity index (χ3n) is 4.97. The molecule has 4 heteroatoms. The van der Waals surface area contributed by atoms with Gasteiger partial charge < -0.3 is 4.74 Å². The van der Waals surface area contributed by atoms with E-state index in [-0.39, 0.29) is 17.3 Å². The SMILES string of the molecule is COC(=O)[C@H]1C[C@@]12c1ccc(Cl)cc1CCc1cccnc12. The molecule has 2 atom stereocenters. The van der Waals surface area contributed by atoms with Crippen molar-refractivity contribution in [2.45, 2.75) is 24.7 Å². The molecule has 3 nitrogen and oxygen atoms in total. The van der Waals surface area contributed by atoms with E-state index in [1.54, 1.807) is 0 Å². The Morgan fingerprint density at radius 2 is 2.14 bits per heavy atom. The Balaban J connectivity index is 1.95. The molecule has 2 aliphatic carbocycles. The van der Waals surface area contributed by atoms with E-state index in [9.17, 15) is 4.79 Å². The smallest absolute Gasteiger partial charge is 0.310 e. The van der Waals surface area contributed by atoms with Gasteiger partial charge in [0.1, 0.15) is 0 Å². The maximum absolute atomic E-state index is 12.2. The van der Waals surface area contributed by atoms with Crippen LogP contribution in [0.15, 0.2) is 36.5 Å². The van der Waals surface area contributed by atoms with E-state index in [4.69, 9.17) is 16.3 Å². The molecular weight excluding hydrogens is 298 g/mol. The number of aromatic nitrogens is 1. The topological polar surface area (TPSA) is 39.2 Å².